The van der Waals surface area contributed by atoms with Gasteiger partial charge in [-0.25, -0.2) is 0 Å². The van der Waals surface area contributed by atoms with Crippen molar-refractivity contribution in [3.05, 3.63) is 0 Å². The molecule has 0 saturated heterocycles. The highest BCUT2D eigenvalue weighted by atomic mass is 32.1. The summed E-state index contributed by atoms with van der Waals surface area (Å²) in [6.45, 7) is 7.94. The molecule has 18 heavy (non-hydrogen) atoms. The van der Waals surface area contributed by atoms with Crippen LogP contribution in [0.5, 0.6) is 0 Å². The van der Waals surface area contributed by atoms with Crippen LogP contribution in [-0.4, -0.2) is 34.1 Å². The smallest absolute Gasteiger partial charge is 0.303 e. The standard InChI is InChI=1S/C12H23NO4S/c1-11(2,13-10(16)18)7-8-17-12(3,4)6-5-9(14)15/h5-8H2,1-4H3,(H,14,15)(H2,13,16,18). The lowest BCUT2D eigenvalue weighted by Gasteiger charge is -2.29. The fraction of sp³-hybridized carbons (Fsp3) is 0.833. The summed E-state index contributed by atoms with van der Waals surface area (Å²) in [7, 11) is 0. The Labute approximate surface area is 114 Å². The Bertz CT molecular complexity index is 302. The zero-order valence-electron chi connectivity index (χ0n) is 11.4. The molecule has 0 spiro atoms. The van der Waals surface area contributed by atoms with Crippen LogP contribution in [-0.2, 0) is 9.53 Å². The van der Waals surface area contributed by atoms with Crippen molar-refractivity contribution in [2.75, 3.05) is 6.61 Å². The third-order valence-corrected chi connectivity index (χ3v) is 2.72. The zero-order valence-corrected chi connectivity index (χ0v) is 12.3. The molecular weight excluding hydrogens is 254 g/mol. The number of ether oxygens (including phenoxy) is 1. The first kappa shape index (κ1) is 17.2. The Balaban J connectivity index is 4.01. The lowest BCUT2D eigenvalue weighted by atomic mass is 10.00. The number of rotatable bonds is 8. The molecule has 0 heterocycles. The van der Waals surface area contributed by atoms with Crippen molar-refractivity contribution in [2.24, 2.45) is 0 Å². The highest BCUT2D eigenvalue weighted by molar-refractivity contribution is 7.96. The molecule has 0 aromatic rings. The van der Waals surface area contributed by atoms with Gasteiger partial charge in [0.1, 0.15) is 0 Å². The number of carbonyl (C=O) groups is 2. The summed E-state index contributed by atoms with van der Waals surface area (Å²) in [6.07, 6.45) is 1.18. The van der Waals surface area contributed by atoms with Gasteiger partial charge in [-0.1, -0.05) is 12.6 Å². The van der Waals surface area contributed by atoms with Gasteiger partial charge in [-0.3, -0.25) is 9.59 Å². The van der Waals surface area contributed by atoms with Crippen LogP contribution < -0.4 is 5.32 Å². The van der Waals surface area contributed by atoms with Crippen LogP contribution in [0, 0.1) is 0 Å². The number of hydrogen-bond acceptors (Lipinski definition) is 3. The maximum absolute atomic E-state index is 10.8. The van der Waals surface area contributed by atoms with Gasteiger partial charge < -0.3 is 15.2 Å². The molecule has 2 N–H and O–H groups in total. The Morgan fingerprint density at radius 3 is 2.22 bits per heavy atom. The largest absolute Gasteiger partial charge is 0.481 e. The Hall–Kier alpha value is -0.750. The van der Waals surface area contributed by atoms with Crippen molar-refractivity contribution < 1.29 is 19.4 Å². The first-order chi connectivity index (χ1) is 8.04. The maximum Gasteiger partial charge on any atom is 0.303 e. The minimum Gasteiger partial charge on any atom is -0.481 e. The van der Waals surface area contributed by atoms with E-state index in [1.165, 1.54) is 0 Å². The van der Waals surface area contributed by atoms with Crippen molar-refractivity contribution in [1.29, 1.82) is 0 Å². The molecule has 106 valence electrons. The van der Waals surface area contributed by atoms with Gasteiger partial charge in [-0.15, -0.1) is 0 Å². The van der Waals surface area contributed by atoms with Gasteiger partial charge in [0.05, 0.1) is 5.60 Å². The van der Waals surface area contributed by atoms with Gasteiger partial charge >= 0.3 is 5.97 Å². The summed E-state index contributed by atoms with van der Waals surface area (Å²) < 4.78 is 5.66. The normalized spacial score (nSPS) is 12.3. The van der Waals surface area contributed by atoms with Crippen LogP contribution in [0.3, 0.4) is 0 Å². The summed E-state index contributed by atoms with van der Waals surface area (Å²) >= 11 is 3.67. The number of thiol groups is 1. The molecule has 0 aliphatic rings. The lowest BCUT2D eigenvalue weighted by molar-refractivity contribution is -0.139. The Morgan fingerprint density at radius 1 is 1.22 bits per heavy atom. The van der Waals surface area contributed by atoms with E-state index < -0.39 is 11.6 Å². The summed E-state index contributed by atoms with van der Waals surface area (Å²) in [6, 6.07) is 0. The number of nitrogens with one attached hydrogen (secondary N) is 1. The molecule has 0 atom stereocenters. The summed E-state index contributed by atoms with van der Waals surface area (Å²) in [4.78, 5) is 21.3. The first-order valence-corrected chi connectivity index (χ1v) is 6.36. The van der Waals surface area contributed by atoms with Gasteiger partial charge in [0.25, 0.3) is 5.24 Å². The van der Waals surface area contributed by atoms with E-state index in [4.69, 9.17) is 9.84 Å². The molecule has 0 aliphatic carbocycles. The van der Waals surface area contributed by atoms with Gasteiger partial charge in [-0.05, 0) is 40.5 Å². The molecule has 0 rings (SSSR count). The molecule has 6 heteroatoms. The molecule has 0 fully saturated rings. The molecular formula is C12H23NO4S. The van der Waals surface area contributed by atoms with Crippen LogP contribution >= 0.6 is 12.6 Å². The summed E-state index contributed by atoms with van der Waals surface area (Å²) in [5, 5.41) is 11.0. The fourth-order valence-corrected chi connectivity index (χ4v) is 1.72. The van der Waals surface area contributed by atoms with Crippen LogP contribution in [0.4, 0.5) is 4.79 Å². The fourth-order valence-electron chi connectivity index (χ4n) is 1.41. The predicted octanol–water partition coefficient (Wildman–Crippen LogP) is 2.45. The quantitative estimate of drug-likeness (QED) is 0.596. The minimum absolute atomic E-state index is 0.0871. The maximum atomic E-state index is 10.8. The molecule has 5 nitrogen and oxygen atoms in total. The van der Waals surface area contributed by atoms with Crippen LogP contribution in [0.1, 0.15) is 47.0 Å². The molecule has 0 saturated carbocycles. The number of carbonyl (C=O) groups excluding carboxylic acids is 1. The summed E-state index contributed by atoms with van der Waals surface area (Å²) in [5.74, 6) is -0.825. The Morgan fingerprint density at radius 2 is 1.78 bits per heavy atom. The molecule has 0 aromatic heterocycles. The van der Waals surface area contributed by atoms with Crippen molar-refractivity contribution >= 4 is 23.8 Å². The van der Waals surface area contributed by atoms with E-state index in [1.807, 2.05) is 27.7 Å². The van der Waals surface area contributed by atoms with E-state index >= 15 is 0 Å². The van der Waals surface area contributed by atoms with Crippen molar-refractivity contribution in [3.63, 3.8) is 0 Å². The second-order valence-electron chi connectivity index (χ2n) is 5.57. The van der Waals surface area contributed by atoms with Gasteiger partial charge in [0.2, 0.25) is 0 Å². The van der Waals surface area contributed by atoms with E-state index in [1.54, 1.807) is 0 Å². The van der Waals surface area contributed by atoms with Crippen LogP contribution in [0.2, 0.25) is 0 Å². The van der Waals surface area contributed by atoms with Crippen molar-refractivity contribution in [3.8, 4) is 0 Å². The average Bonchev–Trinajstić information content (AvgIpc) is 2.12. The Kier molecular flexibility index (Phi) is 6.70. The third-order valence-electron chi connectivity index (χ3n) is 2.61. The van der Waals surface area contributed by atoms with Crippen LogP contribution in [0.15, 0.2) is 0 Å². The topological polar surface area (TPSA) is 75.6 Å². The zero-order chi connectivity index (χ0) is 14.4. The van der Waals surface area contributed by atoms with E-state index in [-0.39, 0.29) is 17.2 Å². The monoisotopic (exact) mass is 277 g/mol. The molecule has 1 amide bonds. The molecule has 0 aliphatic heterocycles. The van der Waals surface area contributed by atoms with Crippen LogP contribution in [0.25, 0.3) is 0 Å². The number of hydrogen-bond donors (Lipinski definition) is 3. The van der Waals surface area contributed by atoms with Crippen molar-refractivity contribution in [2.45, 2.75) is 58.1 Å². The highest BCUT2D eigenvalue weighted by Gasteiger charge is 2.23. The minimum atomic E-state index is -0.825. The lowest BCUT2D eigenvalue weighted by Crippen LogP contribution is -2.42. The third kappa shape index (κ3) is 9.30. The molecule has 0 aromatic carbocycles. The molecule has 0 bridgehead atoms. The van der Waals surface area contributed by atoms with Crippen molar-refractivity contribution in [1.82, 2.24) is 5.32 Å². The molecule has 0 unspecified atom stereocenters. The van der Waals surface area contributed by atoms with E-state index in [0.29, 0.717) is 19.4 Å². The SMILES string of the molecule is CC(C)(CCOC(C)(C)CCC(=O)O)NC(=O)S. The first-order valence-electron chi connectivity index (χ1n) is 5.91. The van der Waals surface area contributed by atoms with E-state index in [0.717, 1.165) is 0 Å². The second-order valence-corrected chi connectivity index (χ2v) is 5.97. The number of aliphatic carboxylic acids is 1. The van der Waals surface area contributed by atoms with E-state index in [9.17, 15) is 9.59 Å². The van der Waals surface area contributed by atoms with Gasteiger partial charge in [0, 0.05) is 18.6 Å². The predicted molar refractivity (Wildman–Crippen MR) is 73.1 cm³/mol. The molecule has 0 radical (unpaired) electrons. The van der Waals surface area contributed by atoms with E-state index in [2.05, 4.69) is 17.9 Å². The van der Waals surface area contributed by atoms with Gasteiger partial charge in [0.15, 0.2) is 0 Å². The number of carboxylic acid groups (broad SMARTS) is 1. The number of carboxylic acids is 1. The second kappa shape index (κ2) is 6.99. The number of amides is 1. The van der Waals surface area contributed by atoms with Gasteiger partial charge in [-0.2, -0.15) is 0 Å². The summed E-state index contributed by atoms with van der Waals surface area (Å²) in [5.41, 5.74) is -0.860. The highest BCUT2D eigenvalue weighted by Crippen LogP contribution is 2.19. The average molecular weight is 277 g/mol.